The quantitative estimate of drug-likeness (QED) is 0.151. The topological polar surface area (TPSA) is 118 Å². The molecule has 1 aliphatic heterocycles. The second-order valence-electron chi connectivity index (χ2n) is 12.9. The van der Waals surface area contributed by atoms with E-state index in [9.17, 15) is 10.1 Å². The first kappa shape index (κ1) is 33.8. The van der Waals surface area contributed by atoms with Gasteiger partial charge < -0.3 is 29.2 Å². The van der Waals surface area contributed by atoms with Crippen molar-refractivity contribution in [3.05, 3.63) is 101 Å². The molecule has 2 heterocycles. The van der Waals surface area contributed by atoms with E-state index in [1.807, 2.05) is 48.3 Å². The number of fused-ring (bicyclic) bond motifs is 2. The molecule has 4 aromatic rings. The first-order valence-corrected chi connectivity index (χ1v) is 17.1. The van der Waals surface area contributed by atoms with Gasteiger partial charge in [-0.15, -0.1) is 0 Å². The van der Waals surface area contributed by atoms with Crippen molar-refractivity contribution < 1.29 is 32.5 Å². The maximum absolute atomic E-state index is 16.6. The highest BCUT2D eigenvalue weighted by molar-refractivity contribution is 5.99. The molecular weight excluding hydrogens is 656 g/mol. The Kier molecular flexibility index (Phi) is 9.70. The molecule has 0 amide bonds. The molecule has 0 saturated heterocycles. The van der Waals surface area contributed by atoms with Crippen LogP contribution in [0.1, 0.15) is 42.9 Å². The van der Waals surface area contributed by atoms with Crippen molar-refractivity contribution >= 4 is 17.5 Å². The maximum atomic E-state index is 16.6. The molecule has 7 rings (SSSR count). The summed E-state index contributed by atoms with van der Waals surface area (Å²) in [6.45, 7) is 3.52. The molecule has 2 saturated carbocycles. The van der Waals surface area contributed by atoms with Gasteiger partial charge in [0.05, 0.1) is 30.7 Å². The third-order valence-electron chi connectivity index (χ3n) is 9.69. The fourth-order valence-corrected chi connectivity index (χ4v) is 7.28. The van der Waals surface area contributed by atoms with Gasteiger partial charge in [-0.2, -0.15) is 19.0 Å². The number of hydrogen-bond donors (Lipinski definition) is 1. The smallest absolute Gasteiger partial charge is 0.311 e. The summed E-state index contributed by atoms with van der Waals surface area (Å²) in [6, 6.07) is 22.3. The van der Waals surface area contributed by atoms with Crippen molar-refractivity contribution in [2.45, 2.75) is 38.8 Å². The molecule has 1 N–H and O–H groups in total. The fourth-order valence-electron chi connectivity index (χ4n) is 7.28. The van der Waals surface area contributed by atoms with Crippen LogP contribution in [0.4, 0.5) is 14.5 Å². The zero-order valence-corrected chi connectivity index (χ0v) is 28.3. The van der Waals surface area contributed by atoms with Crippen molar-refractivity contribution in [1.82, 2.24) is 9.88 Å². The summed E-state index contributed by atoms with van der Waals surface area (Å²) < 4.78 is 56.6. The van der Waals surface area contributed by atoms with Gasteiger partial charge in [0.25, 0.3) is 11.8 Å². The van der Waals surface area contributed by atoms with E-state index in [2.05, 4.69) is 21.4 Å². The van der Waals surface area contributed by atoms with Gasteiger partial charge in [-0.1, -0.05) is 42.5 Å². The lowest BCUT2D eigenvalue weighted by Crippen LogP contribution is -2.40. The number of benzene rings is 3. The van der Waals surface area contributed by atoms with E-state index >= 15 is 8.78 Å². The predicted molar refractivity (Wildman–Crippen MR) is 185 cm³/mol. The third-order valence-corrected chi connectivity index (χ3v) is 9.69. The van der Waals surface area contributed by atoms with Gasteiger partial charge in [0, 0.05) is 31.3 Å². The first-order valence-electron chi connectivity index (χ1n) is 17.1. The van der Waals surface area contributed by atoms with Crippen molar-refractivity contribution in [2.75, 3.05) is 32.1 Å². The fraction of sp³-hybridized carbons (Fsp3) is 0.333. The Bertz CT molecular complexity index is 2000. The zero-order valence-electron chi connectivity index (χ0n) is 28.3. The minimum absolute atomic E-state index is 0.00603. The molecule has 0 spiro atoms. The summed E-state index contributed by atoms with van der Waals surface area (Å²) in [5.41, 5.74) is 1.32. The molecule has 1 aromatic heterocycles. The van der Waals surface area contributed by atoms with Gasteiger partial charge in [-0.05, 0) is 67.9 Å². The number of halogens is 2. The minimum Gasteiger partial charge on any atom is -0.485 e. The molecule has 3 aliphatic rings. The van der Waals surface area contributed by atoms with Gasteiger partial charge in [0.1, 0.15) is 23.9 Å². The van der Waals surface area contributed by atoms with Crippen LogP contribution in [0.5, 0.6) is 29.0 Å². The summed E-state index contributed by atoms with van der Waals surface area (Å²) >= 11 is 0. The zero-order chi connectivity index (χ0) is 35.5. The summed E-state index contributed by atoms with van der Waals surface area (Å²) in [6.07, 6.45) is 2.40. The summed E-state index contributed by atoms with van der Waals surface area (Å²) in [5.74, 6) is -3.07. The number of rotatable bonds is 12. The number of nitriles is 1. The van der Waals surface area contributed by atoms with Gasteiger partial charge in [-0.3, -0.25) is 9.79 Å². The number of ether oxygens (including phenoxy) is 4. The van der Waals surface area contributed by atoms with Crippen LogP contribution in [0.2, 0.25) is 0 Å². The van der Waals surface area contributed by atoms with Crippen molar-refractivity contribution in [2.24, 2.45) is 22.7 Å². The Morgan fingerprint density at radius 3 is 2.51 bits per heavy atom. The van der Waals surface area contributed by atoms with Crippen LogP contribution in [-0.4, -0.2) is 54.5 Å². The lowest BCUT2D eigenvalue weighted by atomic mass is 9.84. The standard InChI is InChI=1S/C39H37F2N5O5/c1-3-48-39(47)31-25-13-14-26(19-25)34(31)44-35-32(40)37(50-28-11-7-10-27(20-28)36-43-16-17-46(36)2)45-38(33(35)41)51-30-18-24(21-42)12-15-29(30)49-22-23-8-5-4-6-9-23/h4-12,15,18,20,25-26,31,34H,3,13-14,16-17,19,22H2,1-2H3,(H,44,45). The van der Waals surface area contributed by atoms with Crippen molar-refractivity contribution in [3.8, 4) is 35.1 Å². The lowest BCUT2D eigenvalue weighted by molar-refractivity contribution is -0.150. The average molecular weight is 694 g/mol. The van der Waals surface area contributed by atoms with E-state index in [0.29, 0.717) is 6.54 Å². The van der Waals surface area contributed by atoms with Crippen LogP contribution in [0.3, 0.4) is 0 Å². The summed E-state index contributed by atoms with van der Waals surface area (Å²) in [7, 11) is 1.93. The molecule has 2 bridgehead atoms. The number of hydrogen-bond acceptors (Lipinski definition) is 10. The van der Waals surface area contributed by atoms with E-state index in [4.69, 9.17) is 18.9 Å². The van der Waals surface area contributed by atoms with Crippen molar-refractivity contribution in [1.29, 1.82) is 5.26 Å². The normalized spacial score (nSPS) is 20.5. The molecule has 0 radical (unpaired) electrons. The molecule has 10 nitrogen and oxygen atoms in total. The highest BCUT2D eigenvalue weighted by atomic mass is 19.1. The molecule has 2 fully saturated rings. The monoisotopic (exact) mass is 693 g/mol. The SMILES string of the molecule is CCOC(=O)C1C2CCC(C2)C1Nc1c(F)c(Oc2cccc(C3=NCCN3C)c2)nc(Oc2cc(C#N)ccc2OCc2ccccc2)c1F. The number of carbonyl (C=O) groups is 1. The lowest BCUT2D eigenvalue weighted by Gasteiger charge is -2.31. The van der Waals surface area contributed by atoms with Gasteiger partial charge in [-0.25, -0.2) is 0 Å². The van der Waals surface area contributed by atoms with E-state index in [1.54, 1.807) is 37.3 Å². The molecule has 51 heavy (non-hydrogen) atoms. The van der Waals surface area contributed by atoms with Gasteiger partial charge in [0.2, 0.25) is 11.6 Å². The number of esters is 1. The van der Waals surface area contributed by atoms with Crippen LogP contribution >= 0.6 is 0 Å². The van der Waals surface area contributed by atoms with E-state index in [-0.39, 0.29) is 47.9 Å². The number of pyridine rings is 1. The van der Waals surface area contributed by atoms with Crippen molar-refractivity contribution in [3.63, 3.8) is 0 Å². The van der Waals surface area contributed by atoms with E-state index in [1.165, 1.54) is 6.07 Å². The maximum Gasteiger partial charge on any atom is 0.311 e. The van der Waals surface area contributed by atoms with Crippen LogP contribution in [0.25, 0.3) is 0 Å². The predicted octanol–water partition coefficient (Wildman–Crippen LogP) is 7.48. The number of amidine groups is 1. The Morgan fingerprint density at radius 1 is 0.980 bits per heavy atom. The van der Waals surface area contributed by atoms with Crippen LogP contribution in [0, 0.1) is 40.7 Å². The van der Waals surface area contributed by atoms with Crippen LogP contribution in [-0.2, 0) is 16.1 Å². The molecule has 262 valence electrons. The second-order valence-corrected chi connectivity index (χ2v) is 12.9. The molecule has 3 aromatic carbocycles. The summed E-state index contributed by atoms with van der Waals surface area (Å²) in [4.78, 5) is 23.8. The molecule has 12 heteroatoms. The molecule has 4 atom stereocenters. The number of carbonyl (C=O) groups excluding carboxylic acids is 1. The number of likely N-dealkylation sites (N-methyl/N-ethyl adjacent to an activating group) is 1. The van der Waals surface area contributed by atoms with Crippen LogP contribution in [0.15, 0.2) is 77.8 Å². The van der Waals surface area contributed by atoms with Gasteiger partial charge >= 0.3 is 5.97 Å². The Balaban J connectivity index is 1.27. The number of nitrogens with one attached hydrogen (secondary N) is 1. The number of anilines is 1. The van der Waals surface area contributed by atoms with Crippen LogP contribution < -0.4 is 19.5 Å². The van der Waals surface area contributed by atoms with E-state index < -0.39 is 47.0 Å². The number of aliphatic imine (C=N–C) groups is 1. The first-order chi connectivity index (χ1) is 24.8. The van der Waals surface area contributed by atoms with Gasteiger partial charge in [0.15, 0.2) is 11.5 Å². The number of nitrogens with zero attached hydrogens (tertiary/aromatic N) is 4. The second kappa shape index (κ2) is 14.6. The number of aromatic nitrogens is 1. The minimum atomic E-state index is -1.13. The Morgan fingerprint density at radius 2 is 1.76 bits per heavy atom. The molecule has 4 unspecified atom stereocenters. The highest BCUT2D eigenvalue weighted by Gasteiger charge is 2.52. The highest BCUT2D eigenvalue weighted by Crippen LogP contribution is 2.51. The average Bonchev–Trinajstić information content (AvgIpc) is 3.89. The largest absolute Gasteiger partial charge is 0.485 e. The molecular formula is C39H37F2N5O5. The van der Waals surface area contributed by atoms with E-state index in [0.717, 1.165) is 42.8 Å². The summed E-state index contributed by atoms with van der Waals surface area (Å²) in [5, 5.41) is 12.7. The Hall–Kier alpha value is -5.70. The molecule has 2 aliphatic carbocycles. The Labute approximate surface area is 294 Å². The third kappa shape index (κ3) is 7.01.